The number of carbonyl (C=O) groups excluding carboxylic acids is 1. The number of nitrogens with one attached hydrogen (secondary N) is 1. The van der Waals surface area contributed by atoms with Crippen LogP contribution in [0.15, 0.2) is 0 Å². The number of carbonyl (C=O) groups is 1. The van der Waals surface area contributed by atoms with Crippen molar-refractivity contribution in [3.05, 3.63) is 0 Å². The maximum absolute atomic E-state index is 11.6. The van der Waals surface area contributed by atoms with Crippen molar-refractivity contribution in [1.29, 1.82) is 0 Å². The molecule has 0 unspecified atom stereocenters. The first-order valence-corrected chi connectivity index (χ1v) is 5.46. The zero-order valence-corrected chi connectivity index (χ0v) is 9.66. The summed E-state index contributed by atoms with van der Waals surface area (Å²) in [6, 6.07) is 0. The third kappa shape index (κ3) is 2.95. The van der Waals surface area contributed by atoms with Gasteiger partial charge in [0.15, 0.2) is 0 Å². The fourth-order valence-corrected chi connectivity index (χ4v) is 1.77. The molecule has 3 heteroatoms. The van der Waals surface area contributed by atoms with Crippen LogP contribution in [-0.4, -0.2) is 17.2 Å². The van der Waals surface area contributed by atoms with Crippen LogP contribution in [0.2, 0.25) is 0 Å². The average Bonchev–Trinajstić information content (AvgIpc) is 2.84. The molecule has 0 aromatic rings. The second kappa shape index (κ2) is 3.86. The molecule has 1 aliphatic carbocycles. The van der Waals surface area contributed by atoms with Crippen molar-refractivity contribution in [3.63, 3.8) is 0 Å². The molecule has 0 aromatic heterocycles. The van der Waals surface area contributed by atoms with Crippen molar-refractivity contribution in [1.82, 2.24) is 5.32 Å². The predicted octanol–water partition coefficient (Wildman–Crippen LogP) is 1.61. The van der Waals surface area contributed by atoms with E-state index in [-0.39, 0.29) is 11.3 Å². The van der Waals surface area contributed by atoms with Crippen molar-refractivity contribution >= 4 is 18.5 Å². The Morgan fingerprint density at radius 1 is 1.64 bits per heavy atom. The first-order valence-electron chi connectivity index (χ1n) is 4.83. The molecule has 0 bridgehead atoms. The van der Waals surface area contributed by atoms with E-state index in [4.69, 9.17) is 6.42 Å². The highest BCUT2D eigenvalue weighted by Gasteiger charge is 2.43. The molecule has 0 heterocycles. The molecule has 1 N–H and O–H groups in total. The van der Waals surface area contributed by atoms with Crippen LogP contribution in [0.3, 0.4) is 0 Å². The Hall–Kier alpha value is -0.620. The maximum Gasteiger partial charge on any atom is 0.221 e. The van der Waals surface area contributed by atoms with Crippen molar-refractivity contribution in [3.8, 4) is 12.3 Å². The standard InChI is InChI=1S/C11H17NOS/c1-4-10(2,3)12-9(13)7-11(8-14)5-6-11/h1,14H,5-8H2,2-3H3,(H,12,13). The van der Waals surface area contributed by atoms with Crippen LogP contribution in [0, 0.1) is 17.8 Å². The third-order valence-electron chi connectivity index (χ3n) is 2.64. The Bertz CT molecular complexity index is 274. The molecule has 0 spiro atoms. The van der Waals surface area contributed by atoms with Crippen LogP contribution in [0.25, 0.3) is 0 Å². The molecule has 0 aliphatic heterocycles. The molecule has 1 amide bonds. The van der Waals surface area contributed by atoms with E-state index < -0.39 is 5.54 Å². The molecule has 1 rings (SSSR count). The zero-order valence-electron chi connectivity index (χ0n) is 8.76. The Labute approximate surface area is 91.2 Å². The fourth-order valence-electron chi connectivity index (χ4n) is 1.34. The van der Waals surface area contributed by atoms with Crippen LogP contribution in [0.4, 0.5) is 0 Å². The van der Waals surface area contributed by atoms with Gasteiger partial charge in [0.05, 0.1) is 5.54 Å². The highest BCUT2D eigenvalue weighted by molar-refractivity contribution is 7.80. The first-order chi connectivity index (χ1) is 6.43. The van der Waals surface area contributed by atoms with Crippen molar-refractivity contribution in [2.24, 2.45) is 5.41 Å². The second-order valence-electron chi connectivity index (χ2n) is 4.65. The first kappa shape index (κ1) is 11.5. The Morgan fingerprint density at radius 3 is 2.57 bits per heavy atom. The summed E-state index contributed by atoms with van der Waals surface area (Å²) in [4.78, 5) is 11.6. The third-order valence-corrected chi connectivity index (χ3v) is 3.31. The van der Waals surface area contributed by atoms with Gasteiger partial charge in [-0.1, -0.05) is 5.92 Å². The molecule has 0 saturated heterocycles. The highest BCUT2D eigenvalue weighted by Crippen LogP contribution is 2.49. The lowest BCUT2D eigenvalue weighted by Crippen LogP contribution is -2.43. The van der Waals surface area contributed by atoms with E-state index >= 15 is 0 Å². The van der Waals surface area contributed by atoms with Gasteiger partial charge in [0.25, 0.3) is 0 Å². The number of hydrogen-bond acceptors (Lipinski definition) is 2. The Balaban J connectivity index is 2.41. The Kier molecular flexibility index (Phi) is 3.16. The van der Waals surface area contributed by atoms with Gasteiger partial charge >= 0.3 is 0 Å². The SMILES string of the molecule is C#CC(C)(C)NC(=O)CC1(CS)CC1. The topological polar surface area (TPSA) is 29.1 Å². The van der Waals surface area contributed by atoms with E-state index in [9.17, 15) is 4.79 Å². The highest BCUT2D eigenvalue weighted by atomic mass is 32.1. The molecule has 1 aliphatic rings. The summed E-state index contributed by atoms with van der Waals surface area (Å²) < 4.78 is 0. The molecule has 1 fully saturated rings. The van der Waals surface area contributed by atoms with E-state index in [1.54, 1.807) is 0 Å². The largest absolute Gasteiger partial charge is 0.340 e. The van der Waals surface area contributed by atoms with Gasteiger partial charge in [-0.3, -0.25) is 4.79 Å². The molecule has 0 aromatic carbocycles. The van der Waals surface area contributed by atoms with Gasteiger partial charge in [0.1, 0.15) is 0 Å². The molecule has 78 valence electrons. The van der Waals surface area contributed by atoms with Gasteiger partial charge in [0, 0.05) is 6.42 Å². The molecule has 0 radical (unpaired) electrons. The normalized spacial score (nSPS) is 18.4. The van der Waals surface area contributed by atoms with E-state index in [2.05, 4.69) is 23.9 Å². The number of amides is 1. The van der Waals surface area contributed by atoms with Gasteiger partial charge in [-0.15, -0.1) is 6.42 Å². The molecule has 1 saturated carbocycles. The van der Waals surface area contributed by atoms with Gasteiger partial charge in [0.2, 0.25) is 5.91 Å². The summed E-state index contributed by atoms with van der Waals surface area (Å²) in [5.74, 6) is 3.38. The minimum absolute atomic E-state index is 0.0412. The molecule has 14 heavy (non-hydrogen) atoms. The van der Waals surface area contributed by atoms with Crippen LogP contribution >= 0.6 is 12.6 Å². The molecular formula is C11H17NOS. The van der Waals surface area contributed by atoms with E-state index in [1.165, 1.54) is 0 Å². The molecule has 0 atom stereocenters. The number of rotatable bonds is 4. The van der Waals surface area contributed by atoms with Gasteiger partial charge in [-0.2, -0.15) is 12.6 Å². The van der Waals surface area contributed by atoms with E-state index in [0.29, 0.717) is 6.42 Å². The lowest BCUT2D eigenvalue weighted by atomic mass is 10.0. The monoisotopic (exact) mass is 211 g/mol. The van der Waals surface area contributed by atoms with Crippen LogP contribution in [-0.2, 0) is 4.79 Å². The van der Waals surface area contributed by atoms with E-state index in [0.717, 1.165) is 18.6 Å². The molecular weight excluding hydrogens is 194 g/mol. The fraction of sp³-hybridized carbons (Fsp3) is 0.727. The number of thiol groups is 1. The van der Waals surface area contributed by atoms with Crippen LogP contribution < -0.4 is 5.32 Å². The summed E-state index contributed by atoms with van der Waals surface area (Å²) >= 11 is 4.25. The van der Waals surface area contributed by atoms with Gasteiger partial charge < -0.3 is 5.32 Å². The number of hydrogen-bond donors (Lipinski definition) is 2. The summed E-state index contributed by atoms with van der Waals surface area (Å²) in [5, 5.41) is 2.83. The van der Waals surface area contributed by atoms with Crippen molar-refractivity contribution < 1.29 is 4.79 Å². The average molecular weight is 211 g/mol. The van der Waals surface area contributed by atoms with Crippen LogP contribution in [0.5, 0.6) is 0 Å². The lowest BCUT2D eigenvalue weighted by Gasteiger charge is -2.21. The van der Waals surface area contributed by atoms with Crippen LogP contribution in [0.1, 0.15) is 33.1 Å². The maximum atomic E-state index is 11.6. The smallest absolute Gasteiger partial charge is 0.221 e. The van der Waals surface area contributed by atoms with Gasteiger partial charge in [-0.25, -0.2) is 0 Å². The van der Waals surface area contributed by atoms with Crippen molar-refractivity contribution in [2.75, 3.05) is 5.75 Å². The zero-order chi connectivity index (χ0) is 10.8. The summed E-state index contributed by atoms with van der Waals surface area (Å²) in [5.41, 5.74) is -0.373. The summed E-state index contributed by atoms with van der Waals surface area (Å²) in [6.45, 7) is 3.65. The van der Waals surface area contributed by atoms with E-state index in [1.807, 2.05) is 13.8 Å². The summed E-state index contributed by atoms with van der Waals surface area (Å²) in [7, 11) is 0. The Morgan fingerprint density at radius 2 is 2.21 bits per heavy atom. The minimum atomic E-state index is -0.538. The summed E-state index contributed by atoms with van der Waals surface area (Å²) in [6.07, 6.45) is 8.07. The predicted molar refractivity (Wildman–Crippen MR) is 61.2 cm³/mol. The lowest BCUT2D eigenvalue weighted by molar-refractivity contribution is -0.123. The van der Waals surface area contributed by atoms with Gasteiger partial charge in [-0.05, 0) is 37.9 Å². The minimum Gasteiger partial charge on any atom is -0.340 e. The quantitative estimate of drug-likeness (QED) is 0.537. The van der Waals surface area contributed by atoms with Crippen molar-refractivity contribution in [2.45, 2.75) is 38.6 Å². The molecule has 2 nitrogen and oxygen atoms in total. The number of terminal acetylenes is 1. The second-order valence-corrected chi connectivity index (χ2v) is 4.97.